The number of para-hydroxylation sites is 1. The second-order valence-corrected chi connectivity index (χ2v) is 8.40. The first kappa shape index (κ1) is 21.0. The van der Waals surface area contributed by atoms with Gasteiger partial charge in [0.2, 0.25) is 0 Å². The highest BCUT2D eigenvalue weighted by Crippen LogP contribution is 2.32. The zero-order chi connectivity index (χ0) is 23.8. The molecule has 7 nitrogen and oxygen atoms in total. The van der Waals surface area contributed by atoms with Gasteiger partial charge in [0.25, 0.3) is 0 Å². The van der Waals surface area contributed by atoms with Crippen LogP contribution in [0.4, 0.5) is 15.9 Å². The summed E-state index contributed by atoms with van der Waals surface area (Å²) in [7, 11) is 0. The summed E-state index contributed by atoms with van der Waals surface area (Å²) in [6.07, 6.45) is 2.40. The van der Waals surface area contributed by atoms with Crippen LogP contribution in [0.1, 0.15) is 17.2 Å². The Kier molecular flexibility index (Phi) is 5.18. The molecule has 0 amide bonds. The minimum atomic E-state index is -0.841. The van der Waals surface area contributed by atoms with E-state index in [4.69, 9.17) is 4.99 Å². The van der Waals surface area contributed by atoms with Gasteiger partial charge in [0.05, 0.1) is 17.7 Å². The fourth-order valence-electron chi connectivity index (χ4n) is 4.48. The smallest absolute Gasteiger partial charge is 0.312 e. The Hall–Kier alpha value is -4.59. The van der Waals surface area contributed by atoms with Crippen LogP contribution in [0.3, 0.4) is 0 Å². The molecule has 172 valence electrons. The predicted molar refractivity (Wildman–Crippen MR) is 134 cm³/mol. The fourth-order valence-corrected chi connectivity index (χ4v) is 4.48. The highest BCUT2D eigenvalue weighted by atomic mass is 19.1. The SMILES string of the molecule is Cc1cccc2c1=CN(c1ccccc1)C(C(Nc1nc(F)nc3nc[nH]c13)c1ccccc1)N=2. The summed E-state index contributed by atoms with van der Waals surface area (Å²) in [5.41, 5.74) is 3.93. The first-order chi connectivity index (χ1) is 17.2. The maximum Gasteiger partial charge on any atom is 0.312 e. The van der Waals surface area contributed by atoms with Crippen molar-refractivity contribution in [3.05, 3.63) is 113 Å². The number of fused-ring (bicyclic) bond motifs is 2. The monoisotopic (exact) mass is 463 g/mol. The molecule has 8 heteroatoms. The number of hydrogen-bond donors (Lipinski definition) is 2. The van der Waals surface area contributed by atoms with Gasteiger partial charge in [0, 0.05) is 17.1 Å². The lowest BCUT2D eigenvalue weighted by Gasteiger charge is -2.36. The van der Waals surface area contributed by atoms with Crippen LogP contribution >= 0.6 is 0 Å². The van der Waals surface area contributed by atoms with Gasteiger partial charge in [-0.1, -0.05) is 60.7 Å². The van der Waals surface area contributed by atoms with Crippen LogP contribution in [0.15, 0.2) is 90.2 Å². The van der Waals surface area contributed by atoms with E-state index in [0.717, 1.165) is 27.4 Å². The van der Waals surface area contributed by atoms with E-state index < -0.39 is 6.08 Å². The molecule has 2 N–H and O–H groups in total. The van der Waals surface area contributed by atoms with Crippen molar-refractivity contribution in [2.75, 3.05) is 10.2 Å². The van der Waals surface area contributed by atoms with Gasteiger partial charge in [-0.25, -0.2) is 4.98 Å². The van der Waals surface area contributed by atoms with Crippen LogP contribution in [-0.2, 0) is 0 Å². The number of imidazole rings is 1. The second-order valence-electron chi connectivity index (χ2n) is 8.40. The van der Waals surface area contributed by atoms with E-state index in [-0.39, 0.29) is 17.9 Å². The van der Waals surface area contributed by atoms with Crippen molar-refractivity contribution < 1.29 is 4.39 Å². The molecule has 2 atom stereocenters. The lowest BCUT2D eigenvalue weighted by atomic mass is 10.0. The van der Waals surface area contributed by atoms with Gasteiger partial charge in [-0.15, -0.1) is 0 Å². The van der Waals surface area contributed by atoms with E-state index in [2.05, 4.69) is 61.5 Å². The van der Waals surface area contributed by atoms with Crippen molar-refractivity contribution >= 4 is 28.9 Å². The highest BCUT2D eigenvalue weighted by molar-refractivity contribution is 5.82. The lowest BCUT2D eigenvalue weighted by Crippen LogP contribution is -2.47. The van der Waals surface area contributed by atoms with Gasteiger partial charge in [-0.05, 0) is 36.2 Å². The third-order valence-corrected chi connectivity index (χ3v) is 6.19. The number of aryl methyl sites for hydroxylation is 1. The largest absolute Gasteiger partial charge is 0.357 e. The molecule has 35 heavy (non-hydrogen) atoms. The molecule has 2 unspecified atom stereocenters. The summed E-state index contributed by atoms with van der Waals surface area (Å²) in [6, 6.07) is 25.9. The number of benzene rings is 3. The van der Waals surface area contributed by atoms with Gasteiger partial charge >= 0.3 is 6.08 Å². The molecule has 1 aliphatic heterocycles. The first-order valence-electron chi connectivity index (χ1n) is 11.3. The van der Waals surface area contributed by atoms with Crippen molar-refractivity contribution in [2.24, 2.45) is 4.99 Å². The Bertz CT molecular complexity index is 1620. The predicted octanol–water partition coefficient (Wildman–Crippen LogP) is 3.86. The number of nitrogens with one attached hydrogen (secondary N) is 2. The van der Waals surface area contributed by atoms with Crippen LogP contribution in [0.2, 0.25) is 0 Å². The van der Waals surface area contributed by atoms with Crippen molar-refractivity contribution in [1.29, 1.82) is 0 Å². The molecule has 6 rings (SSSR count). The Morgan fingerprint density at radius 1 is 0.943 bits per heavy atom. The number of aromatic nitrogens is 4. The Morgan fingerprint density at radius 2 is 1.71 bits per heavy atom. The van der Waals surface area contributed by atoms with Gasteiger partial charge in [0.1, 0.15) is 11.7 Å². The molecule has 2 aromatic heterocycles. The summed E-state index contributed by atoms with van der Waals surface area (Å²) in [6.45, 7) is 2.08. The van der Waals surface area contributed by atoms with E-state index in [1.807, 2.05) is 60.7 Å². The second kappa shape index (κ2) is 8.64. The molecule has 0 saturated carbocycles. The summed E-state index contributed by atoms with van der Waals surface area (Å²) in [5, 5.41) is 5.44. The first-order valence-corrected chi connectivity index (χ1v) is 11.3. The van der Waals surface area contributed by atoms with Crippen molar-refractivity contribution in [2.45, 2.75) is 19.1 Å². The molecule has 1 aliphatic rings. The number of rotatable bonds is 5. The fraction of sp³-hybridized carbons (Fsp3) is 0.111. The van der Waals surface area contributed by atoms with E-state index in [1.54, 1.807) is 0 Å². The van der Waals surface area contributed by atoms with Crippen LogP contribution in [-0.4, -0.2) is 26.1 Å². The van der Waals surface area contributed by atoms with E-state index >= 15 is 0 Å². The molecular weight excluding hydrogens is 441 g/mol. The summed E-state index contributed by atoms with van der Waals surface area (Å²) in [4.78, 5) is 22.3. The molecule has 0 fully saturated rings. The zero-order valence-electron chi connectivity index (χ0n) is 18.9. The molecule has 3 heterocycles. The number of nitrogens with zero attached hydrogens (tertiary/aromatic N) is 5. The normalized spacial score (nSPS) is 15.7. The Labute approximate surface area is 200 Å². The van der Waals surface area contributed by atoms with E-state index in [0.29, 0.717) is 11.3 Å². The van der Waals surface area contributed by atoms with Crippen LogP contribution in [0.25, 0.3) is 17.4 Å². The number of anilines is 2. The minimum Gasteiger partial charge on any atom is -0.357 e. The van der Waals surface area contributed by atoms with Gasteiger partial charge in [0.15, 0.2) is 11.5 Å². The lowest BCUT2D eigenvalue weighted by molar-refractivity contribution is 0.538. The van der Waals surface area contributed by atoms with Crippen LogP contribution < -0.4 is 20.8 Å². The molecule has 0 radical (unpaired) electrons. The molecule has 0 saturated heterocycles. The number of hydrogen-bond acceptors (Lipinski definition) is 6. The average molecular weight is 464 g/mol. The maximum absolute atomic E-state index is 14.3. The van der Waals surface area contributed by atoms with Crippen LogP contribution in [0, 0.1) is 13.0 Å². The molecule has 5 aromatic rings. The van der Waals surface area contributed by atoms with Crippen molar-refractivity contribution in [3.8, 4) is 0 Å². The molecule has 0 bridgehead atoms. The minimum absolute atomic E-state index is 0.264. The van der Waals surface area contributed by atoms with Gasteiger partial charge < -0.3 is 15.2 Å². The summed E-state index contributed by atoms with van der Waals surface area (Å²) in [5.74, 6) is 0.331. The standard InChI is InChI=1S/C27H22FN7/c1-17-9-8-14-21-20(17)15-35(19-12-6-3-7-13-19)26(31-21)22(18-10-4-2-5-11-18)32-25-23-24(30-16-29-23)33-27(28)34-25/h2-16,22,26H,1H3,(H2,29,30,32,33,34). The topological polar surface area (TPSA) is 82.1 Å². The number of aromatic amines is 1. The quantitative estimate of drug-likeness (QED) is 0.387. The summed E-state index contributed by atoms with van der Waals surface area (Å²) < 4.78 is 14.3. The third kappa shape index (κ3) is 3.89. The van der Waals surface area contributed by atoms with Crippen molar-refractivity contribution in [1.82, 2.24) is 19.9 Å². The van der Waals surface area contributed by atoms with Gasteiger partial charge in [-0.3, -0.25) is 4.99 Å². The van der Waals surface area contributed by atoms with Crippen LogP contribution in [0.5, 0.6) is 0 Å². The number of H-pyrrole nitrogens is 1. The molecule has 3 aromatic carbocycles. The average Bonchev–Trinajstić information content (AvgIpc) is 3.36. The molecule has 0 spiro atoms. The summed E-state index contributed by atoms with van der Waals surface area (Å²) >= 11 is 0. The Morgan fingerprint density at radius 3 is 2.51 bits per heavy atom. The highest BCUT2D eigenvalue weighted by Gasteiger charge is 2.31. The van der Waals surface area contributed by atoms with E-state index in [1.165, 1.54) is 6.33 Å². The van der Waals surface area contributed by atoms with Gasteiger partial charge in [-0.2, -0.15) is 14.4 Å². The maximum atomic E-state index is 14.3. The van der Waals surface area contributed by atoms with E-state index in [9.17, 15) is 4.39 Å². The number of halogens is 1. The zero-order valence-corrected chi connectivity index (χ0v) is 18.9. The third-order valence-electron chi connectivity index (χ3n) is 6.19. The molecule has 0 aliphatic carbocycles. The molecular formula is C27H22FN7. The Balaban J connectivity index is 1.55. The van der Waals surface area contributed by atoms with Crippen molar-refractivity contribution in [3.63, 3.8) is 0 Å².